The molecule has 1 atom stereocenters. The standard InChI is InChI=1S/C16H21BrFN3/c1-3-10-19-15(8-7-12-9-11-20-21(12)2)16-13(17)5-4-6-14(16)18/h4-6,9,11,15,19H,3,7-8,10H2,1-2H3. The number of aryl methyl sites for hydroxylation is 2. The van der Waals surface area contributed by atoms with Gasteiger partial charge in [-0.05, 0) is 44.0 Å². The highest BCUT2D eigenvalue weighted by molar-refractivity contribution is 9.10. The number of hydrogen-bond donors (Lipinski definition) is 1. The van der Waals surface area contributed by atoms with Gasteiger partial charge in [0.1, 0.15) is 5.82 Å². The molecule has 3 nitrogen and oxygen atoms in total. The predicted octanol–water partition coefficient (Wildman–Crippen LogP) is 4.00. The van der Waals surface area contributed by atoms with Gasteiger partial charge in [0, 0.05) is 35.0 Å². The van der Waals surface area contributed by atoms with Gasteiger partial charge in [-0.2, -0.15) is 5.10 Å². The highest BCUT2D eigenvalue weighted by Gasteiger charge is 2.18. The van der Waals surface area contributed by atoms with E-state index in [-0.39, 0.29) is 11.9 Å². The molecule has 0 amide bonds. The molecule has 0 aliphatic heterocycles. The summed E-state index contributed by atoms with van der Waals surface area (Å²) >= 11 is 3.48. The first-order valence-corrected chi connectivity index (χ1v) is 8.07. The molecule has 0 saturated heterocycles. The van der Waals surface area contributed by atoms with Gasteiger partial charge < -0.3 is 5.32 Å². The fourth-order valence-corrected chi connectivity index (χ4v) is 3.07. The van der Waals surface area contributed by atoms with Gasteiger partial charge in [-0.3, -0.25) is 4.68 Å². The molecule has 1 aromatic heterocycles. The summed E-state index contributed by atoms with van der Waals surface area (Å²) < 4.78 is 16.9. The smallest absolute Gasteiger partial charge is 0.129 e. The Balaban J connectivity index is 2.16. The van der Waals surface area contributed by atoms with Crippen molar-refractivity contribution in [1.29, 1.82) is 0 Å². The third-order valence-corrected chi connectivity index (χ3v) is 4.29. The zero-order valence-electron chi connectivity index (χ0n) is 12.4. The fraction of sp³-hybridized carbons (Fsp3) is 0.438. The zero-order valence-corrected chi connectivity index (χ0v) is 14.0. The number of nitrogens with one attached hydrogen (secondary N) is 1. The van der Waals surface area contributed by atoms with Gasteiger partial charge >= 0.3 is 0 Å². The van der Waals surface area contributed by atoms with Crippen LogP contribution in [0.25, 0.3) is 0 Å². The van der Waals surface area contributed by atoms with Crippen LogP contribution in [0, 0.1) is 5.82 Å². The van der Waals surface area contributed by atoms with E-state index >= 15 is 0 Å². The van der Waals surface area contributed by atoms with E-state index in [0.717, 1.165) is 36.0 Å². The van der Waals surface area contributed by atoms with Crippen molar-refractivity contribution in [1.82, 2.24) is 15.1 Å². The Morgan fingerprint density at radius 1 is 1.38 bits per heavy atom. The van der Waals surface area contributed by atoms with Crippen LogP contribution in [-0.2, 0) is 13.5 Å². The second-order valence-electron chi connectivity index (χ2n) is 5.13. The van der Waals surface area contributed by atoms with Gasteiger partial charge in [-0.1, -0.05) is 28.9 Å². The van der Waals surface area contributed by atoms with E-state index in [1.54, 1.807) is 12.3 Å². The lowest BCUT2D eigenvalue weighted by Crippen LogP contribution is -2.24. The summed E-state index contributed by atoms with van der Waals surface area (Å²) in [6, 6.07) is 7.14. The lowest BCUT2D eigenvalue weighted by atomic mass is 10.00. The molecule has 1 unspecified atom stereocenters. The van der Waals surface area contributed by atoms with E-state index in [4.69, 9.17) is 0 Å². The molecule has 1 heterocycles. The van der Waals surface area contributed by atoms with Crippen LogP contribution >= 0.6 is 15.9 Å². The van der Waals surface area contributed by atoms with Crippen molar-refractivity contribution in [3.63, 3.8) is 0 Å². The van der Waals surface area contributed by atoms with Crippen molar-refractivity contribution in [3.8, 4) is 0 Å². The Morgan fingerprint density at radius 2 is 2.19 bits per heavy atom. The van der Waals surface area contributed by atoms with Crippen molar-refractivity contribution in [2.45, 2.75) is 32.2 Å². The zero-order chi connectivity index (χ0) is 15.2. The molecule has 0 radical (unpaired) electrons. The molecule has 5 heteroatoms. The van der Waals surface area contributed by atoms with Crippen molar-refractivity contribution < 1.29 is 4.39 Å². The molecule has 0 aliphatic rings. The normalized spacial score (nSPS) is 12.6. The van der Waals surface area contributed by atoms with Crippen LogP contribution in [0.3, 0.4) is 0 Å². The molecule has 0 aliphatic carbocycles. The lowest BCUT2D eigenvalue weighted by molar-refractivity contribution is 0.466. The molecule has 114 valence electrons. The third-order valence-electron chi connectivity index (χ3n) is 3.60. The van der Waals surface area contributed by atoms with Crippen molar-refractivity contribution in [3.05, 3.63) is 52.0 Å². The van der Waals surface area contributed by atoms with Gasteiger partial charge in [-0.15, -0.1) is 0 Å². The number of benzene rings is 1. The molecule has 0 fully saturated rings. The van der Waals surface area contributed by atoms with Gasteiger partial charge in [-0.25, -0.2) is 4.39 Å². The van der Waals surface area contributed by atoms with Crippen LogP contribution in [0.15, 0.2) is 34.9 Å². The Labute approximate surface area is 133 Å². The molecule has 2 rings (SSSR count). The maximum Gasteiger partial charge on any atom is 0.129 e. The second-order valence-corrected chi connectivity index (χ2v) is 5.98. The molecular formula is C16H21BrFN3. The first kappa shape index (κ1) is 16.2. The molecule has 0 spiro atoms. The van der Waals surface area contributed by atoms with Crippen LogP contribution in [0.1, 0.15) is 37.1 Å². The molecule has 1 aromatic carbocycles. The van der Waals surface area contributed by atoms with Crippen molar-refractivity contribution in [2.24, 2.45) is 7.05 Å². The topological polar surface area (TPSA) is 29.9 Å². The van der Waals surface area contributed by atoms with Gasteiger partial charge in [0.2, 0.25) is 0 Å². The van der Waals surface area contributed by atoms with Crippen LogP contribution in [-0.4, -0.2) is 16.3 Å². The van der Waals surface area contributed by atoms with E-state index in [0.29, 0.717) is 5.56 Å². The van der Waals surface area contributed by atoms with Crippen LogP contribution in [0.5, 0.6) is 0 Å². The molecular weight excluding hydrogens is 333 g/mol. The summed E-state index contributed by atoms with van der Waals surface area (Å²) in [5.41, 5.74) is 1.87. The van der Waals surface area contributed by atoms with Crippen molar-refractivity contribution >= 4 is 15.9 Å². The van der Waals surface area contributed by atoms with Gasteiger partial charge in [0.25, 0.3) is 0 Å². The minimum absolute atomic E-state index is 0.00424. The molecule has 1 N–H and O–H groups in total. The minimum atomic E-state index is -0.164. The summed E-state index contributed by atoms with van der Waals surface area (Å²) in [7, 11) is 1.93. The third kappa shape index (κ3) is 4.14. The fourth-order valence-electron chi connectivity index (χ4n) is 2.45. The highest BCUT2D eigenvalue weighted by atomic mass is 79.9. The van der Waals surface area contributed by atoms with E-state index in [1.807, 2.05) is 23.9 Å². The number of halogens is 2. The number of aromatic nitrogens is 2. The number of rotatable bonds is 7. The number of nitrogens with zero attached hydrogens (tertiary/aromatic N) is 2. The Kier molecular flexibility index (Phi) is 5.94. The van der Waals surface area contributed by atoms with Crippen LogP contribution in [0.2, 0.25) is 0 Å². The first-order chi connectivity index (χ1) is 10.1. The summed E-state index contributed by atoms with van der Waals surface area (Å²) in [6.07, 6.45) is 4.51. The maximum absolute atomic E-state index is 14.2. The average Bonchev–Trinajstić information content (AvgIpc) is 2.86. The average molecular weight is 354 g/mol. The first-order valence-electron chi connectivity index (χ1n) is 7.27. The lowest BCUT2D eigenvalue weighted by Gasteiger charge is -2.21. The number of hydrogen-bond acceptors (Lipinski definition) is 2. The van der Waals surface area contributed by atoms with Gasteiger partial charge in [0.05, 0.1) is 0 Å². The Morgan fingerprint density at radius 3 is 2.81 bits per heavy atom. The monoisotopic (exact) mass is 353 g/mol. The van der Waals surface area contributed by atoms with Gasteiger partial charge in [0.15, 0.2) is 0 Å². The summed E-state index contributed by atoms with van der Waals surface area (Å²) in [5.74, 6) is -0.164. The largest absolute Gasteiger partial charge is 0.310 e. The molecule has 2 aromatic rings. The summed E-state index contributed by atoms with van der Waals surface area (Å²) in [5, 5.41) is 7.63. The summed E-state index contributed by atoms with van der Waals surface area (Å²) in [6.45, 7) is 2.98. The SMILES string of the molecule is CCCNC(CCc1ccnn1C)c1c(F)cccc1Br. The van der Waals surface area contributed by atoms with E-state index in [2.05, 4.69) is 33.3 Å². The van der Waals surface area contributed by atoms with Crippen LogP contribution < -0.4 is 5.32 Å². The molecule has 0 bridgehead atoms. The van der Waals surface area contributed by atoms with E-state index in [1.165, 1.54) is 6.07 Å². The quantitative estimate of drug-likeness (QED) is 0.815. The van der Waals surface area contributed by atoms with E-state index in [9.17, 15) is 4.39 Å². The predicted molar refractivity (Wildman–Crippen MR) is 86.7 cm³/mol. The van der Waals surface area contributed by atoms with Crippen molar-refractivity contribution in [2.75, 3.05) is 6.54 Å². The Bertz CT molecular complexity index is 562. The van der Waals surface area contributed by atoms with E-state index < -0.39 is 0 Å². The molecule has 0 saturated carbocycles. The Hall–Kier alpha value is -1.20. The molecule has 21 heavy (non-hydrogen) atoms. The van der Waals surface area contributed by atoms with Crippen LogP contribution in [0.4, 0.5) is 4.39 Å². The second kappa shape index (κ2) is 7.71. The minimum Gasteiger partial charge on any atom is -0.310 e. The highest BCUT2D eigenvalue weighted by Crippen LogP contribution is 2.29. The summed E-state index contributed by atoms with van der Waals surface area (Å²) in [4.78, 5) is 0. The maximum atomic E-state index is 14.2.